The van der Waals surface area contributed by atoms with Crippen LogP contribution in [0.5, 0.6) is 5.75 Å². The summed E-state index contributed by atoms with van der Waals surface area (Å²) in [4.78, 5) is 12.1. The minimum atomic E-state index is -3.72. The van der Waals surface area contributed by atoms with Gasteiger partial charge in [0.05, 0.1) is 4.90 Å². The summed E-state index contributed by atoms with van der Waals surface area (Å²) in [6.45, 7) is 6.09. The van der Waals surface area contributed by atoms with Gasteiger partial charge in [0.1, 0.15) is 5.75 Å². The molecule has 3 rings (SSSR count). The van der Waals surface area contributed by atoms with Crippen molar-refractivity contribution in [2.45, 2.75) is 32.2 Å². The van der Waals surface area contributed by atoms with Crippen LogP contribution in [-0.4, -0.2) is 20.9 Å². The molecule has 0 aliphatic rings. The second-order valence-electron chi connectivity index (χ2n) is 7.50. The van der Waals surface area contributed by atoms with Gasteiger partial charge in [0.15, 0.2) is 6.61 Å². The number of sulfonamides is 1. The fourth-order valence-corrected chi connectivity index (χ4v) is 4.11. The zero-order valence-electron chi connectivity index (χ0n) is 17.8. The summed E-state index contributed by atoms with van der Waals surface area (Å²) in [6.07, 6.45) is 0. The summed E-state index contributed by atoms with van der Waals surface area (Å²) in [5, 5.41) is 2.79. The topological polar surface area (TPSA) is 84.5 Å². The molecular weight excluding hydrogens is 412 g/mol. The molecule has 162 valence electrons. The van der Waals surface area contributed by atoms with Gasteiger partial charge in [-0.15, -0.1) is 0 Å². The maximum atomic E-state index is 12.6. The SMILES string of the molecule is Cc1ccc(CNC(=O)COc2ccc(S(=O)(=O)Nc3cc(C)cc(C)c3)cc2)cc1. The van der Waals surface area contributed by atoms with Crippen molar-refractivity contribution in [3.63, 3.8) is 0 Å². The number of nitrogens with one attached hydrogen (secondary N) is 2. The predicted molar refractivity (Wildman–Crippen MR) is 122 cm³/mol. The van der Waals surface area contributed by atoms with E-state index in [0.717, 1.165) is 22.3 Å². The van der Waals surface area contributed by atoms with Crippen LogP contribution in [-0.2, 0) is 21.4 Å². The quantitative estimate of drug-likeness (QED) is 0.554. The molecule has 0 atom stereocenters. The second kappa shape index (κ2) is 9.66. The van der Waals surface area contributed by atoms with E-state index in [9.17, 15) is 13.2 Å². The number of carbonyl (C=O) groups is 1. The van der Waals surface area contributed by atoms with Crippen molar-refractivity contribution in [1.82, 2.24) is 5.32 Å². The average molecular weight is 439 g/mol. The third kappa shape index (κ3) is 6.58. The summed E-state index contributed by atoms with van der Waals surface area (Å²) in [5.74, 6) is 0.157. The first-order chi connectivity index (χ1) is 14.7. The molecule has 0 heterocycles. The van der Waals surface area contributed by atoms with E-state index in [1.165, 1.54) is 24.3 Å². The number of benzene rings is 3. The largest absolute Gasteiger partial charge is 0.484 e. The van der Waals surface area contributed by atoms with E-state index in [-0.39, 0.29) is 17.4 Å². The number of anilines is 1. The van der Waals surface area contributed by atoms with Gasteiger partial charge in [-0.2, -0.15) is 0 Å². The summed E-state index contributed by atoms with van der Waals surface area (Å²) >= 11 is 0. The maximum absolute atomic E-state index is 12.6. The van der Waals surface area contributed by atoms with Gasteiger partial charge in [-0.1, -0.05) is 35.9 Å². The average Bonchev–Trinajstić information content (AvgIpc) is 2.71. The third-order valence-electron chi connectivity index (χ3n) is 4.59. The number of hydrogen-bond acceptors (Lipinski definition) is 4. The molecule has 0 radical (unpaired) electrons. The van der Waals surface area contributed by atoms with Crippen molar-refractivity contribution in [2.24, 2.45) is 0 Å². The first-order valence-corrected chi connectivity index (χ1v) is 11.4. The van der Waals surface area contributed by atoms with Gasteiger partial charge in [-0.25, -0.2) is 8.42 Å². The Morgan fingerprint density at radius 3 is 2.06 bits per heavy atom. The van der Waals surface area contributed by atoms with Crippen LogP contribution in [0.4, 0.5) is 5.69 Å². The van der Waals surface area contributed by atoms with Crippen LogP contribution in [0.2, 0.25) is 0 Å². The van der Waals surface area contributed by atoms with Crippen LogP contribution < -0.4 is 14.8 Å². The molecule has 0 bridgehead atoms. The van der Waals surface area contributed by atoms with Crippen molar-refractivity contribution in [2.75, 3.05) is 11.3 Å². The molecule has 3 aromatic carbocycles. The van der Waals surface area contributed by atoms with Crippen LogP contribution in [0.3, 0.4) is 0 Å². The van der Waals surface area contributed by atoms with Crippen LogP contribution >= 0.6 is 0 Å². The molecule has 7 heteroatoms. The minimum Gasteiger partial charge on any atom is -0.484 e. The summed E-state index contributed by atoms with van der Waals surface area (Å²) in [5.41, 5.74) is 4.63. The Kier molecular flexibility index (Phi) is 6.97. The highest BCUT2D eigenvalue weighted by atomic mass is 32.2. The number of hydrogen-bond donors (Lipinski definition) is 2. The summed E-state index contributed by atoms with van der Waals surface area (Å²) < 4.78 is 33.3. The molecule has 6 nitrogen and oxygen atoms in total. The maximum Gasteiger partial charge on any atom is 0.261 e. The van der Waals surface area contributed by atoms with Gasteiger partial charge in [-0.3, -0.25) is 9.52 Å². The van der Waals surface area contributed by atoms with E-state index in [1.54, 1.807) is 12.1 Å². The van der Waals surface area contributed by atoms with Crippen molar-refractivity contribution < 1.29 is 17.9 Å². The molecule has 0 fully saturated rings. The highest BCUT2D eigenvalue weighted by Gasteiger charge is 2.15. The number of amides is 1. The third-order valence-corrected chi connectivity index (χ3v) is 5.99. The lowest BCUT2D eigenvalue weighted by Crippen LogP contribution is -2.28. The Labute approximate surface area is 183 Å². The van der Waals surface area contributed by atoms with E-state index >= 15 is 0 Å². The zero-order valence-corrected chi connectivity index (χ0v) is 18.6. The highest BCUT2D eigenvalue weighted by molar-refractivity contribution is 7.92. The van der Waals surface area contributed by atoms with Gasteiger partial charge in [-0.05, 0) is 73.9 Å². The Hall–Kier alpha value is -3.32. The van der Waals surface area contributed by atoms with Crippen molar-refractivity contribution in [1.29, 1.82) is 0 Å². The Morgan fingerprint density at radius 1 is 0.839 bits per heavy atom. The lowest BCUT2D eigenvalue weighted by atomic mass is 10.1. The number of aryl methyl sites for hydroxylation is 3. The fraction of sp³-hybridized carbons (Fsp3) is 0.208. The predicted octanol–water partition coefficient (Wildman–Crippen LogP) is 4.11. The van der Waals surface area contributed by atoms with Crippen molar-refractivity contribution in [3.05, 3.63) is 89.0 Å². The lowest BCUT2D eigenvalue weighted by Gasteiger charge is -2.11. The monoisotopic (exact) mass is 438 g/mol. The molecule has 0 saturated heterocycles. The molecule has 0 unspecified atom stereocenters. The smallest absolute Gasteiger partial charge is 0.261 e. The van der Waals surface area contributed by atoms with E-state index in [0.29, 0.717) is 18.0 Å². The Morgan fingerprint density at radius 2 is 1.45 bits per heavy atom. The minimum absolute atomic E-state index is 0.114. The van der Waals surface area contributed by atoms with Crippen LogP contribution in [0.1, 0.15) is 22.3 Å². The summed E-state index contributed by atoms with van der Waals surface area (Å²) in [6, 6.07) is 19.4. The molecule has 0 spiro atoms. The molecule has 1 amide bonds. The number of carbonyl (C=O) groups excluding carboxylic acids is 1. The standard InChI is InChI=1S/C24H26N2O4S/c1-17-4-6-20(7-5-17)15-25-24(27)16-30-22-8-10-23(11-9-22)31(28,29)26-21-13-18(2)12-19(3)14-21/h4-14,26H,15-16H2,1-3H3,(H,25,27). The Balaban J connectivity index is 1.54. The van der Waals surface area contributed by atoms with Crippen molar-refractivity contribution >= 4 is 21.6 Å². The highest BCUT2D eigenvalue weighted by Crippen LogP contribution is 2.21. The normalized spacial score (nSPS) is 11.1. The fourth-order valence-electron chi connectivity index (χ4n) is 3.07. The van der Waals surface area contributed by atoms with Crippen LogP contribution in [0, 0.1) is 20.8 Å². The van der Waals surface area contributed by atoms with Gasteiger partial charge in [0.2, 0.25) is 0 Å². The molecule has 0 saturated carbocycles. The van der Waals surface area contributed by atoms with E-state index < -0.39 is 10.0 Å². The van der Waals surface area contributed by atoms with Crippen molar-refractivity contribution in [3.8, 4) is 5.75 Å². The Bertz CT molecular complexity index is 1130. The second-order valence-corrected chi connectivity index (χ2v) is 9.19. The van der Waals surface area contributed by atoms with Gasteiger partial charge in [0.25, 0.3) is 15.9 Å². The molecule has 0 aliphatic heterocycles. The molecule has 31 heavy (non-hydrogen) atoms. The van der Waals surface area contributed by atoms with Crippen LogP contribution in [0.15, 0.2) is 71.6 Å². The first-order valence-electron chi connectivity index (χ1n) is 9.87. The van der Waals surface area contributed by atoms with Gasteiger partial charge >= 0.3 is 0 Å². The lowest BCUT2D eigenvalue weighted by molar-refractivity contribution is -0.123. The first kappa shape index (κ1) is 22.4. The molecule has 3 aromatic rings. The molecule has 0 aromatic heterocycles. The molecule has 0 aliphatic carbocycles. The van der Waals surface area contributed by atoms with E-state index in [2.05, 4.69) is 10.0 Å². The van der Waals surface area contributed by atoms with E-state index in [1.807, 2.05) is 51.1 Å². The van der Waals surface area contributed by atoms with Gasteiger partial charge in [0, 0.05) is 12.2 Å². The summed E-state index contributed by atoms with van der Waals surface area (Å²) in [7, 11) is -3.72. The molecular formula is C24H26N2O4S. The molecule has 2 N–H and O–H groups in total. The number of ether oxygens (including phenoxy) is 1. The van der Waals surface area contributed by atoms with Gasteiger partial charge < -0.3 is 10.1 Å². The van der Waals surface area contributed by atoms with Crippen LogP contribution in [0.25, 0.3) is 0 Å². The zero-order chi connectivity index (χ0) is 22.4. The van der Waals surface area contributed by atoms with E-state index in [4.69, 9.17) is 4.74 Å². The number of rotatable bonds is 8.